The van der Waals surface area contributed by atoms with Crippen molar-refractivity contribution in [1.29, 1.82) is 0 Å². The Morgan fingerprint density at radius 3 is 1.26 bits per heavy atom. The Labute approximate surface area is 470 Å². The lowest BCUT2D eigenvalue weighted by Gasteiger charge is -2.44. The molecule has 16 heteroatoms. The highest BCUT2D eigenvalue weighted by Gasteiger charge is 2.47. The van der Waals surface area contributed by atoms with Crippen molar-refractivity contribution in [1.82, 2.24) is 24.1 Å². The van der Waals surface area contributed by atoms with Gasteiger partial charge >= 0.3 is 5.97 Å². The molecule has 1 aliphatic rings. The van der Waals surface area contributed by atoms with Gasteiger partial charge in [0.2, 0.25) is 0 Å². The first-order valence-electron chi connectivity index (χ1n) is 27.0. The number of nitrogens with one attached hydrogen (secondary N) is 3. The van der Waals surface area contributed by atoms with Crippen LogP contribution in [-0.4, -0.2) is 78.7 Å². The number of nitrogens with zero attached hydrogens (tertiary/aromatic N) is 2. The van der Waals surface area contributed by atoms with Crippen LogP contribution in [0.1, 0.15) is 154 Å². The molecule has 0 aliphatic heterocycles. The van der Waals surface area contributed by atoms with Crippen LogP contribution in [-0.2, 0) is 0 Å². The van der Waals surface area contributed by atoms with E-state index in [9.17, 15) is 31.9 Å². The van der Waals surface area contributed by atoms with Crippen LogP contribution >= 0.6 is 22.6 Å². The highest BCUT2D eigenvalue weighted by molar-refractivity contribution is 14.1. The van der Waals surface area contributed by atoms with Crippen LogP contribution in [0.4, 0.5) is 17.6 Å². The highest BCUT2D eigenvalue weighted by atomic mass is 127. The second kappa shape index (κ2) is 28.3. The van der Waals surface area contributed by atoms with Gasteiger partial charge in [-0.1, -0.05) is 95.9 Å². The number of likely N-dealkylation sites (N-methyl/N-ethyl adjacent to an activating group) is 2. The van der Waals surface area contributed by atoms with E-state index in [-0.39, 0.29) is 39.9 Å². The summed E-state index contributed by atoms with van der Waals surface area (Å²) in [5.74, 6) is -3.33. The average Bonchev–Trinajstić information content (AvgIpc) is 4.14. The van der Waals surface area contributed by atoms with Crippen LogP contribution in [0, 0.1) is 26.8 Å². The molecule has 0 spiro atoms. The number of hydrogen-bond acceptors (Lipinski definition) is 5. The molecule has 9 nitrogen and oxygen atoms in total. The first-order valence-corrected chi connectivity index (χ1v) is 32.5. The van der Waals surface area contributed by atoms with Crippen molar-refractivity contribution in [2.45, 2.75) is 168 Å². The minimum absolute atomic E-state index is 0.145. The Hall–Kier alpha value is -4.89. The van der Waals surface area contributed by atoms with Crippen molar-refractivity contribution in [3.05, 3.63) is 141 Å². The maximum atomic E-state index is 14.7. The third-order valence-corrected chi connectivity index (χ3v) is 30.2. The quantitative estimate of drug-likeness (QED) is 0.0395. The number of ketones is 2. The zero-order valence-electron chi connectivity index (χ0n) is 48.1. The molecule has 0 unspecified atom stereocenters. The number of halogens is 5. The number of hydrogen-bond donors (Lipinski definition) is 4. The minimum Gasteiger partial charge on any atom is -0.478 e. The molecule has 1 fully saturated rings. The van der Waals surface area contributed by atoms with Crippen LogP contribution in [0.2, 0.25) is 33.2 Å². The molecule has 0 amide bonds. The fraction of sp³-hybridized carbons (Fsp3) is 0.459. The number of carboxylic acid groups (broad SMARTS) is 1. The number of rotatable bonds is 13. The number of aromatic carboxylic acids is 1. The molecule has 0 radical (unpaired) electrons. The number of carbonyl (C=O) groups excluding carboxylic acids is 2. The SMILES string of the molecule is CC(=O)c1ccc2[nH]ccc2c1F.CC(=O)c1ccc2c(ccn2[Si](C(C)C)(C(C)C)C(C)C)c1F.CC(C)[Si](C(C)C)(C(C)C)n1ccc2c(F)c(C(=O)O)ccc21.CN[C@H]1CCCC[C@@H]1NC.Fc1ccc(I)cc1. The van der Waals surface area contributed by atoms with Gasteiger partial charge in [-0.15, -0.1) is 0 Å². The summed E-state index contributed by atoms with van der Waals surface area (Å²) in [5.41, 5.74) is 5.58. The number of fused-ring (bicyclic) bond motifs is 3. The van der Waals surface area contributed by atoms with Gasteiger partial charge in [0.05, 0.1) is 16.7 Å². The zero-order valence-corrected chi connectivity index (χ0v) is 52.3. The number of carboxylic acids is 1. The molecule has 77 heavy (non-hydrogen) atoms. The van der Waals surface area contributed by atoms with E-state index in [0.717, 1.165) is 14.6 Å². The topological polar surface area (TPSA) is 121 Å². The van der Waals surface area contributed by atoms with Gasteiger partial charge < -0.3 is 29.2 Å². The van der Waals surface area contributed by atoms with Gasteiger partial charge in [-0.2, -0.15) is 0 Å². The van der Waals surface area contributed by atoms with Gasteiger partial charge in [0.15, 0.2) is 28.0 Å². The maximum Gasteiger partial charge on any atom is 0.338 e. The predicted octanol–water partition coefficient (Wildman–Crippen LogP) is 17.2. The summed E-state index contributed by atoms with van der Waals surface area (Å²) in [4.78, 5) is 36.6. The van der Waals surface area contributed by atoms with Gasteiger partial charge in [0, 0.05) is 54.6 Å². The minimum atomic E-state index is -1.98. The molecule has 3 aromatic heterocycles. The summed E-state index contributed by atoms with van der Waals surface area (Å²) in [7, 11) is 0.213. The summed E-state index contributed by atoms with van der Waals surface area (Å²) in [6, 6.07) is 22.9. The van der Waals surface area contributed by atoms with Crippen LogP contribution in [0.25, 0.3) is 32.7 Å². The van der Waals surface area contributed by atoms with Crippen molar-refractivity contribution < 1.29 is 37.1 Å². The van der Waals surface area contributed by atoms with Crippen molar-refractivity contribution in [2.24, 2.45) is 0 Å². The molecule has 8 rings (SSSR count). The fourth-order valence-electron chi connectivity index (χ4n) is 12.8. The smallest absolute Gasteiger partial charge is 0.338 e. The Balaban J connectivity index is 0.000000220. The van der Waals surface area contributed by atoms with Gasteiger partial charge in [-0.25, -0.2) is 22.4 Å². The third-order valence-electron chi connectivity index (χ3n) is 16.0. The molecule has 2 atom stereocenters. The van der Waals surface area contributed by atoms with Crippen molar-refractivity contribution in [3.8, 4) is 0 Å². The van der Waals surface area contributed by atoms with Crippen molar-refractivity contribution in [3.63, 3.8) is 0 Å². The molecule has 7 aromatic rings. The number of H-pyrrole nitrogens is 1. The molecule has 4 N–H and O–H groups in total. The van der Waals surface area contributed by atoms with Crippen LogP contribution in [0.5, 0.6) is 0 Å². The Morgan fingerprint density at radius 2 is 0.909 bits per heavy atom. The lowest BCUT2D eigenvalue weighted by Crippen LogP contribution is -2.51. The number of aromatic amines is 1. The second-order valence-electron chi connectivity index (χ2n) is 22.1. The molecule has 420 valence electrons. The van der Waals surface area contributed by atoms with Crippen LogP contribution < -0.4 is 10.6 Å². The third kappa shape index (κ3) is 14.1. The van der Waals surface area contributed by atoms with E-state index in [4.69, 9.17) is 5.11 Å². The number of Topliss-reactive ketones (excluding diaryl/α,β-unsaturated/α-hetero) is 2. The van der Waals surface area contributed by atoms with Gasteiger partial charge in [0.25, 0.3) is 0 Å². The summed E-state index contributed by atoms with van der Waals surface area (Å²) >= 11 is 2.13. The molecule has 3 heterocycles. The monoisotopic (exact) mass is 1210 g/mol. The van der Waals surface area contributed by atoms with Gasteiger partial charge in [0.1, 0.15) is 23.3 Å². The zero-order chi connectivity index (χ0) is 57.9. The molecule has 0 saturated heterocycles. The molecular weight excluding hydrogens is 1130 g/mol. The number of carbonyl (C=O) groups is 3. The number of aromatic nitrogens is 3. The van der Waals surface area contributed by atoms with Crippen LogP contribution in [0.3, 0.4) is 0 Å². The lowest BCUT2D eigenvalue weighted by molar-refractivity contribution is 0.0691. The summed E-state index contributed by atoms with van der Waals surface area (Å²) in [6.07, 6.45) is 11.1. The van der Waals surface area contributed by atoms with E-state index >= 15 is 0 Å². The van der Waals surface area contributed by atoms with E-state index in [1.165, 1.54) is 63.8 Å². The van der Waals surface area contributed by atoms with Gasteiger partial charge in [-0.3, -0.25) is 9.59 Å². The molecule has 4 aromatic carbocycles. The van der Waals surface area contributed by atoms with E-state index in [1.807, 2.05) is 24.5 Å². The van der Waals surface area contributed by atoms with E-state index in [2.05, 4.69) is 144 Å². The van der Waals surface area contributed by atoms with Gasteiger partial charge in [-0.05, 0) is 188 Å². The molecule has 1 aliphatic carbocycles. The second-order valence-corrected chi connectivity index (χ2v) is 34.8. The van der Waals surface area contributed by atoms with E-state index in [0.29, 0.717) is 67.0 Å². The molecular formula is C61H84F4IN5O4Si2. The summed E-state index contributed by atoms with van der Waals surface area (Å²) in [5, 5.41) is 17.2. The van der Waals surface area contributed by atoms with Crippen LogP contribution in [0.15, 0.2) is 97.5 Å². The Bertz CT molecular complexity index is 2870. The maximum absolute atomic E-state index is 14.7. The van der Waals surface area contributed by atoms with Crippen molar-refractivity contribution in [2.75, 3.05) is 14.1 Å². The van der Waals surface area contributed by atoms with E-state index in [1.54, 1.807) is 48.7 Å². The fourth-order valence-corrected chi connectivity index (χ4v) is 26.4. The molecule has 0 bridgehead atoms. The summed E-state index contributed by atoms with van der Waals surface area (Å²) < 4.78 is 60.6. The molecule has 1 saturated carbocycles. The summed E-state index contributed by atoms with van der Waals surface area (Å²) in [6.45, 7) is 30.0. The normalized spacial score (nSPS) is 14.8. The largest absolute Gasteiger partial charge is 0.478 e. The standard InChI is InChI=1S/C19H28FNOSi.C18H26FNO2Si.C10H8FNO.C8H18N2.C6H4FI/c1-12(2)23(13(3)4,14(5)6)21-11-10-17-18(21)9-8-16(15(7)22)19(17)20;1-11(2)23(12(3)4,13(5)6)20-10-9-14-16(20)8-7-15(17(14)19)18(21)22;1-6(13)7-2-3-9-8(10(7)11)4-5-12-9;1-9-7-5-3-4-6-8(7)10-2;7-5-1-3-6(8)4-2-5/h8-14H,1-7H3;7-13H,1-6H3,(H,21,22);2-5,12H,1H3;7-10H,3-6H2,1-2H3;1-4H/t;;;7-,8-;/m...0./s1. The highest BCUT2D eigenvalue weighted by Crippen LogP contribution is 2.46. The Kier molecular flexibility index (Phi) is 23.8. The van der Waals surface area contributed by atoms with Crippen molar-refractivity contribution >= 4 is 89.3 Å². The predicted molar refractivity (Wildman–Crippen MR) is 325 cm³/mol. The first-order chi connectivity index (χ1) is 36.2. The lowest BCUT2D eigenvalue weighted by atomic mass is 9.91. The average molecular weight is 1210 g/mol. The first kappa shape index (κ1) is 64.6. The number of benzene rings is 4. The van der Waals surface area contributed by atoms with E-state index < -0.39 is 34.1 Å². The Morgan fingerprint density at radius 1 is 0.545 bits per heavy atom.